The summed E-state index contributed by atoms with van der Waals surface area (Å²) >= 11 is 0. The minimum absolute atomic E-state index is 0.154. The van der Waals surface area contributed by atoms with Crippen LogP contribution in [-0.4, -0.2) is 55.1 Å². The van der Waals surface area contributed by atoms with E-state index in [1.165, 1.54) is 0 Å². The fourth-order valence-electron chi connectivity index (χ4n) is 5.01. The van der Waals surface area contributed by atoms with Gasteiger partial charge in [0.05, 0.1) is 0 Å². The Labute approximate surface area is 159 Å². The van der Waals surface area contributed by atoms with Crippen molar-refractivity contribution in [1.29, 1.82) is 0 Å². The van der Waals surface area contributed by atoms with Gasteiger partial charge in [-0.1, -0.05) is 12.1 Å². The number of carbonyl (C=O) groups is 1. The van der Waals surface area contributed by atoms with Crippen LogP contribution < -0.4 is 10.2 Å². The second-order valence-corrected chi connectivity index (χ2v) is 8.31. The van der Waals surface area contributed by atoms with Crippen LogP contribution >= 0.6 is 0 Å². The van der Waals surface area contributed by atoms with Crippen molar-refractivity contribution in [3.63, 3.8) is 0 Å². The van der Waals surface area contributed by atoms with Gasteiger partial charge in [0.25, 0.3) is 6.01 Å². The minimum Gasteiger partial charge on any atom is -0.423 e. The lowest BCUT2D eigenvalue weighted by molar-refractivity contribution is -0.136. The predicted octanol–water partition coefficient (Wildman–Crippen LogP) is 2.50. The van der Waals surface area contributed by atoms with Gasteiger partial charge in [0, 0.05) is 32.1 Å². The molecule has 0 unspecified atom stereocenters. The third kappa shape index (κ3) is 3.31. The molecule has 0 spiro atoms. The highest BCUT2D eigenvalue weighted by atomic mass is 16.4. The molecule has 1 amide bonds. The van der Waals surface area contributed by atoms with E-state index >= 15 is 0 Å². The van der Waals surface area contributed by atoms with Crippen molar-refractivity contribution in [3.05, 3.63) is 24.3 Å². The standard InChI is InChI=1S/C21H28N4O2/c26-20(24-9-7-16-13-22-14-17(16)8-10-24)15-5-11-25(12-6-15)21-23-18-3-1-2-4-19(18)27-21/h1-4,15-17,22H,5-14H2/t16-,17+. The van der Waals surface area contributed by atoms with Gasteiger partial charge in [-0.15, -0.1) is 0 Å². The number of likely N-dealkylation sites (tertiary alicyclic amines) is 1. The molecule has 2 aromatic rings. The summed E-state index contributed by atoms with van der Waals surface area (Å²) in [7, 11) is 0. The Morgan fingerprint density at radius 2 is 1.70 bits per heavy atom. The summed E-state index contributed by atoms with van der Waals surface area (Å²) in [4.78, 5) is 22.0. The van der Waals surface area contributed by atoms with Crippen LogP contribution in [0.25, 0.3) is 11.1 Å². The van der Waals surface area contributed by atoms with Crippen molar-refractivity contribution >= 4 is 23.0 Å². The van der Waals surface area contributed by atoms with Gasteiger partial charge < -0.3 is 19.5 Å². The molecule has 2 atom stereocenters. The van der Waals surface area contributed by atoms with Crippen molar-refractivity contribution in [3.8, 4) is 0 Å². The van der Waals surface area contributed by atoms with Gasteiger partial charge in [-0.2, -0.15) is 4.98 Å². The lowest BCUT2D eigenvalue weighted by atomic mass is 9.92. The molecule has 1 aromatic carbocycles. The van der Waals surface area contributed by atoms with Crippen LogP contribution in [0.4, 0.5) is 6.01 Å². The molecule has 5 rings (SSSR count). The number of para-hydroxylation sites is 2. The van der Waals surface area contributed by atoms with Crippen LogP contribution in [0.1, 0.15) is 25.7 Å². The van der Waals surface area contributed by atoms with E-state index in [-0.39, 0.29) is 5.92 Å². The fourth-order valence-corrected chi connectivity index (χ4v) is 5.01. The number of amides is 1. The molecule has 0 saturated carbocycles. The number of aromatic nitrogens is 1. The Bertz CT molecular complexity index is 764. The van der Waals surface area contributed by atoms with Crippen molar-refractivity contribution in [2.45, 2.75) is 25.7 Å². The number of anilines is 1. The highest BCUT2D eigenvalue weighted by molar-refractivity contribution is 5.79. The molecular formula is C21H28N4O2. The summed E-state index contributed by atoms with van der Waals surface area (Å²) in [5.41, 5.74) is 1.73. The second-order valence-electron chi connectivity index (χ2n) is 8.31. The van der Waals surface area contributed by atoms with Crippen LogP contribution in [0.2, 0.25) is 0 Å². The summed E-state index contributed by atoms with van der Waals surface area (Å²) in [5.74, 6) is 2.06. The van der Waals surface area contributed by atoms with Gasteiger partial charge in [-0.05, 0) is 62.7 Å². The summed E-state index contributed by atoms with van der Waals surface area (Å²) in [6.45, 7) is 5.82. The molecule has 0 bridgehead atoms. The molecule has 3 fully saturated rings. The largest absolute Gasteiger partial charge is 0.423 e. The van der Waals surface area contributed by atoms with E-state index in [0.29, 0.717) is 11.9 Å². The second kappa shape index (κ2) is 7.15. The molecule has 3 aliphatic heterocycles. The minimum atomic E-state index is 0.154. The van der Waals surface area contributed by atoms with E-state index in [1.807, 2.05) is 24.3 Å². The molecule has 3 saturated heterocycles. The number of nitrogens with zero attached hydrogens (tertiary/aromatic N) is 3. The molecule has 3 aliphatic rings. The van der Waals surface area contributed by atoms with Gasteiger partial charge in [0.15, 0.2) is 5.58 Å². The maximum Gasteiger partial charge on any atom is 0.298 e. The number of benzene rings is 1. The topological polar surface area (TPSA) is 61.6 Å². The van der Waals surface area contributed by atoms with Gasteiger partial charge in [0.2, 0.25) is 5.91 Å². The first-order chi connectivity index (χ1) is 13.3. The Morgan fingerprint density at radius 3 is 2.41 bits per heavy atom. The summed E-state index contributed by atoms with van der Waals surface area (Å²) in [6, 6.07) is 8.56. The van der Waals surface area contributed by atoms with Gasteiger partial charge in [-0.25, -0.2) is 0 Å². The normalized spacial score (nSPS) is 27.0. The summed E-state index contributed by atoms with van der Waals surface area (Å²) in [6.07, 6.45) is 4.10. The zero-order valence-corrected chi connectivity index (χ0v) is 15.8. The molecule has 6 nitrogen and oxygen atoms in total. The van der Waals surface area contributed by atoms with Crippen molar-refractivity contribution in [2.24, 2.45) is 17.8 Å². The van der Waals surface area contributed by atoms with E-state index in [0.717, 1.165) is 87.9 Å². The molecule has 6 heteroatoms. The molecule has 1 aromatic heterocycles. The van der Waals surface area contributed by atoms with E-state index in [4.69, 9.17) is 4.42 Å². The predicted molar refractivity (Wildman–Crippen MR) is 105 cm³/mol. The third-order valence-corrected chi connectivity index (χ3v) is 6.73. The average molecular weight is 368 g/mol. The molecule has 0 radical (unpaired) electrons. The zero-order valence-electron chi connectivity index (χ0n) is 15.8. The van der Waals surface area contributed by atoms with Crippen LogP contribution in [0.15, 0.2) is 28.7 Å². The number of hydrogen-bond donors (Lipinski definition) is 1. The number of fused-ring (bicyclic) bond motifs is 2. The van der Waals surface area contributed by atoms with Crippen molar-refractivity contribution in [1.82, 2.24) is 15.2 Å². The molecule has 27 heavy (non-hydrogen) atoms. The first-order valence-corrected chi connectivity index (χ1v) is 10.4. The van der Waals surface area contributed by atoms with Crippen LogP contribution in [0, 0.1) is 17.8 Å². The quantitative estimate of drug-likeness (QED) is 0.883. The molecule has 4 heterocycles. The number of rotatable bonds is 2. The van der Waals surface area contributed by atoms with E-state index in [2.05, 4.69) is 20.1 Å². The summed E-state index contributed by atoms with van der Waals surface area (Å²) < 4.78 is 5.89. The van der Waals surface area contributed by atoms with Crippen molar-refractivity contribution in [2.75, 3.05) is 44.2 Å². The van der Waals surface area contributed by atoms with E-state index in [1.54, 1.807) is 0 Å². The maximum absolute atomic E-state index is 13.1. The first kappa shape index (κ1) is 17.0. The summed E-state index contributed by atoms with van der Waals surface area (Å²) in [5, 5.41) is 3.51. The van der Waals surface area contributed by atoms with Gasteiger partial charge in [-0.3, -0.25) is 4.79 Å². The maximum atomic E-state index is 13.1. The molecular weight excluding hydrogens is 340 g/mol. The highest BCUT2D eigenvalue weighted by Crippen LogP contribution is 2.30. The fraction of sp³-hybridized carbons (Fsp3) is 0.619. The van der Waals surface area contributed by atoms with E-state index in [9.17, 15) is 4.79 Å². The monoisotopic (exact) mass is 368 g/mol. The SMILES string of the molecule is O=C(C1CCN(c2nc3ccccc3o2)CC1)N1CC[C@@H]2CNC[C@@H]2CC1. The number of hydrogen-bond acceptors (Lipinski definition) is 5. The van der Waals surface area contributed by atoms with Gasteiger partial charge >= 0.3 is 0 Å². The smallest absolute Gasteiger partial charge is 0.298 e. The van der Waals surface area contributed by atoms with Crippen LogP contribution in [0.5, 0.6) is 0 Å². The Morgan fingerprint density at radius 1 is 1.00 bits per heavy atom. The van der Waals surface area contributed by atoms with Crippen LogP contribution in [0.3, 0.4) is 0 Å². The Kier molecular flexibility index (Phi) is 4.52. The highest BCUT2D eigenvalue weighted by Gasteiger charge is 2.34. The first-order valence-electron chi connectivity index (χ1n) is 10.4. The number of piperidine rings is 1. The molecule has 0 aliphatic carbocycles. The van der Waals surface area contributed by atoms with Gasteiger partial charge in [0.1, 0.15) is 5.52 Å². The Balaban J connectivity index is 1.19. The molecule has 144 valence electrons. The lowest BCUT2D eigenvalue weighted by Crippen LogP contribution is -2.43. The number of carbonyl (C=O) groups excluding carboxylic acids is 1. The van der Waals surface area contributed by atoms with Crippen LogP contribution in [-0.2, 0) is 4.79 Å². The number of nitrogens with one attached hydrogen (secondary N) is 1. The zero-order chi connectivity index (χ0) is 18.2. The lowest BCUT2D eigenvalue weighted by Gasteiger charge is -2.33. The Hall–Kier alpha value is -2.08. The van der Waals surface area contributed by atoms with E-state index < -0.39 is 0 Å². The molecule has 1 N–H and O–H groups in total. The average Bonchev–Trinajstić information content (AvgIpc) is 3.30. The van der Waals surface area contributed by atoms with Crippen molar-refractivity contribution < 1.29 is 9.21 Å². The number of oxazole rings is 1. The third-order valence-electron chi connectivity index (χ3n) is 6.73.